The maximum absolute atomic E-state index is 3.55. The van der Waals surface area contributed by atoms with Gasteiger partial charge in [-0.1, -0.05) is 0 Å². The van der Waals surface area contributed by atoms with Gasteiger partial charge in [-0.25, -0.2) is 0 Å². The summed E-state index contributed by atoms with van der Waals surface area (Å²) in [6.07, 6.45) is 4.93. The second-order valence-corrected chi connectivity index (χ2v) is 1.09. The number of allylic oxidation sites excluding steroid dienone is 2. The summed E-state index contributed by atoms with van der Waals surface area (Å²) in [6.45, 7) is 3.55. The zero-order chi connectivity index (χ0) is 4.83. The van der Waals surface area contributed by atoms with Gasteiger partial charge in [0.15, 0.2) is 0 Å². The Labute approximate surface area is 48.1 Å². The van der Waals surface area contributed by atoms with Gasteiger partial charge in [-0.2, -0.15) is 0 Å². The van der Waals surface area contributed by atoms with E-state index < -0.39 is 0 Å². The van der Waals surface area contributed by atoms with Gasteiger partial charge in [0, 0.05) is 0 Å². The number of rotatable bonds is 2. The van der Waals surface area contributed by atoms with Crippen molar-refractivity contribution in [2.24, 2.45) is 0 Å². The molecular formula is C5H7Li. The van der Waals surface area contributed by atoms with E-state index in [-0.39, 0.29) is 0 Å². The molecule has 28 valence electrons. The Morgan fingerprint density at radius 1 is 1.67 bits per heavy atom. The van der Waals surface area contributed by atoms with E-state index in [4.69, 9.17) is 0 Å². The van der Waals surface area contributed by atoms with Crippen LogP contribution in [0.1, 0.15) is 6.42 Å². The van der Waals surface area contributed by atoms with Crippen molar-refractivity contribution in [1.29, 1.82) is 0 Å². The van der Waals surface area contributed by atoms with Gasteiger partial charge in [0.25, 0.3) is 0 Å². The van der Waals surface area contributed by atoms with Gasteiger partial charge in [-0.05, 0) is 0 Å². The predicted molar refractivity (Wildman–Crippen MR) is 29.7 cm³/mol. The van der Waals surface area contributed by atoms with Crippen LogP contribution in [-0.2, 0) is 0 Å². The molecule has 0 aliphatic carbocycles. The molecule has 0 N–H and O–H groups in total. The summed E-state index contributed by atoms with van der Waals surface area (Å²) < 4.78 is 2.02. The Morgan fingerprint density at radius 2 is 2.33 bits per heavy atom. The average Bonchev–Trinajstić information content (AvgIpc) is 1.61. The van der Waals surface area contributed by atoms with E-state index in [1.165, 1.54) is 0 Å². The second kappa shape index (κ2) is 5.08. The standard InChI is InChI=1S/C5H7.Li/c1-3-5-4-2;/h1,3-4H,2,5H2;. The van der Waals surface area contributed by atoms with Crippen LogP contribution in [0.15, 0.2) is 23.5 Å². The van der Waals surface area contributed by atoms with Crippen LogP contribution < -0.4 is 0 Å². The summed E-state index contributed by atoms with van der Waals surface area (Å²) in [7, 11) is 0. The molecule has 0 bridgehead atoms. The molecule has 0 aliphatic heterocycles. The second-order valence-electron chi connectivity index (χ2n) is 1.09. The van der Waals surface area contributed by atoms with Gasteiger partial charge < -0.3 is 0 Å². The van der Waals surface area contributed by atoms with E-state index >= 15 is 0 Å². The Balaban J connectivity index is 2.85. The zero-order valence-corrected chi connectivity index (χ0v) is 4.15. The van der Waals surface area contributed by atoms with E-state index in [2.05, 4.69) is 12.7 Å². The fourth-order valence-electron chi connectivity index (χ4n) is 0.232. The molecular weight excluding hydrogens is 67.0 g/mol. The van der Waals surface area contributed by atoms with Gasteiger partial charge >= 0.3 is 47.6 Å². The predicted octanol–water partition coefficient (Wildman–Crippen LogP) is 1.24. The summed E-state index contributed by atoms with van der Waals surface area (Å²) in [6, 6.07) is 0. The van der Waals surface area contributed by atoms with E-state index in [9.17, 15) is 0 Å². The van der Waals surface area contributed by atoms with Crippen molar-refractivity contribution >= 4 is 17.7 Å². The normalized spacial score (nSPS) is 9.67. The third kappa shape index (κ3) is 4.08. The quantitative estimate of drug-likeness (QED) is 0.341. The first kappa shape index (κ1) is 6.08. The van der Waals surface area contributed by atoms with Crippen LogP contribution in [0.2, 0.25) is 0 Å². The first-order valence-electron chi connectivity index (χ1n) is 2.14. The summed E-state index contributed by atoms with van der Waals surface area (Å²) >= 11 is 2.00. The third-order valence-electron chi connectivity index (χ3n) is 0.538. The first-order valence-corrected chi connectivity index (χ1v) is 2.14. The van der Waals surface area contributed by atoms with Crippen molar-refractivity contribution in [1.82, 2.24) is 0 Å². The van der Waals surface area contributed by atoms with E-state index in [1.54, 1.807) is 0 Å². The fraction of sp³-hybridized carbons (Fsp3) is 0.200. The fourth-order valence-corrected chi connectivity index (χ4v) is 0.232. The van der Waals surface area contributed by atoms with Gasteiger partial charge in [0.2, 0.25) is 0 Å². The molecule has 0 rings (SSSR count). The molecule has 0 nitrogen and oxygen atoms in total. The molecule has 0 aromatic carbocycles. The average molecular weight is 74.1 g/mol. The molecule has 0 saturated heterocycles. The summed E-state index contributed by atoms with van der Waals surface area (Å²) in [4.78, 5) is 0. The van der Waals surface area contributed by atoms with Gasteiger partial charge in [-0.3, -0.25) is 0 Å². The maximum atomic E-state index is 3.55. The van der Waals surface area contributed by atoms with Crippen LogP contribution in [0.4, 0.5) is 0 Å². The minimum atomic E-state index is 0.997. The third-order valence-corrected chi connectivity index (χ3v) is 0.538. The van der Waals surface area contributed by atoms with Crippen LogP contribution in [-0.4, -0.2) is 17.7 Å². The zero-order valence-electron chi connectivity index (χ0n) is 4.15. The molecule has 0 unspecified atom stereocenters. The SMILES string of the molecule is [Li][CH]=CCC=C. The summed E-state index contributed by atoms with van der Waals surface area (Å²) in [5.74, 6) is 0. The molecule has 6 heavy (non-hydrogen) atoms. The summed E-state index contributed by atoms with van der Waals surface area (Å²) in [5.41, 5.74) is 0. The Hall–Kier alpha value is 0.0774. The molecule has 0 radical (unpaired) electrons. The van der Waals surface area contributed by atoms with Crippen LogP contribution in [0, 0.1) is 0 Å². The van der Waals surface area contributed by atoms with Crippen LogP contribution in [0.25, 0.3) is 0 Å². The Morgan fingerprint density at radius 3 is 2.50 bits per heavy atom. The van der Waals surface area contributed by atoms with E-state index in [1.807, 2.05) is 28.5 Å². The molecule has 0 spiro atoms. The van der Waals surface area contributed by atoms with E-state index in [0.29, 0.717) is 0 Å². The number of hydrogen-bond acceptors (Lipinski definition) is 0. The van der Waals surface area contributed by atoms with E-state index in [0.717, 1.165) is 6.42 Å². The molecule has 0 amide bonds. The molecule has 0 fully saturated rings. The monoisotopic (exact) mass is 74.1 g/mol. The molecule has 1 heteroatoms. The molecule has 0 aliphatic rings. The minimum absolute atomic E-state index is 0.997. The van der Waals surface area contributed by atoms with Crippen molar-refractivity contribution in [2.75, 3.05) is 0 Å². The van der Waals surface area contributed by atoms with Gasteiger partial charge in [0.05, 0.1) is 0 Å². The van der Waals surface area contributed by atoms with Crippen LogP contribution >= 0.6 is 0 Å². The number of hydrogen-bond donors (Lipinski definition) is 0. The Kier molecular flexibility index (Phi) is 5.14. The first-order chi connectivity index (χ1) is 2.91. The van der Waals surface area contributed by atoms with Crippen molar-refractivity contribution in [3.8, 4) is 0 Å². The molecule has 0 aromatic rings. The Bertz CT molecular complexity index is 55.0. The van der Waals surface area contributed by atoms with Crippen molar-refractivity contribution in [3.05, 3.63) is 23.5 Å². The van der Waals surface area contributed by atoms with Crippen molar-refractivity contribution < 1.29 is 0 Å². The topological polar surface area (TPSA) is 0 Å². The van der Waals surface area contributed by atoms with Crippen molar-refractivity contribution in [3.63, 3.8) is 0 Å². The molecule has 0 atom stereocenters. The molecule has 0 heterocycles. The summed E-state index contributed by atoms with van der Waals surface area (Å²) in [5, 5.41) is 0. The van der Waals surface area contributed by atoms with Crippen molar-refractivity contribution in [2.45, 2.75) is 6.42 Å². The van der Waals surface area contributed by atoms with Gasteiger partial charge in [0.1, 0.15) is 0 Å². The molecule has 0 saturated carbocycles. The van der Waals surface area contributed by atoms with Gasteiger partial charge in [-0.15, -0.1) is 0 Å². The molecule has 0 aromatic heterocycles. The van der Waals surface area contributed by atoms with Crippen LogP contribution in [0.5, 0.6) is 0 Å². The van der Waals surface area contributed by atoms with Crippen LogP contribution in [0.3, 0.4) is 0 Å².